The van der Waals surface area contributed by atoms with E-state index in [0.717, 1.165) is 11.5 Å². The Morgan fingerprint density at radius 1 is 1.47 bits per heavy atom. The highest BCUT2D eigenvalue weighted by molar-refractivity contribution is 5.87. The summed E-state index contributed by atoms with van der Waals surface area (Å²) in [5.74, 6) is 0.520. The number of imidazole rings is 1. The fourth-order valence-electron chi connectivity index (χ4n) is 1.48. The van der Waals surface area contributed by atoms with Gasteiger partial charge >= 0.3 is 5.97 Å². The van der Waals surface area contributed by atoms with Gasteiger partial charge in [-0.3, -0.25) is 0 Å². The molecule has 0 saturated heterocycles. The SMILES string of the molecule is COC(=O)c1ccc(CNCc2ncc[nH]2)[nH]1. The smallest absolute Gasteiger partial charge is 0.354 e. The van der Waals surface area contributed by atoms with Crippen LogP contribution in [0.25, 0.3) is 0 Å². The molecule has 0 aliphatic rings. The van der Waals surface area contributed by atoms with Gasteiger partial charge in [-0.1, -0.05) is 0 Å². The topological polar surface area (TPSA) is 82.8 Å². The summed E-state index contributed by atoms with van der Waals surface area (Å²) in [5, 5.41) is 3.20. The molecule has 0 aliphatic carbocycles. The van der Waals surface area contributed by atoms with Crippen molar-refractivity contribution in [1.29, 1.82) is 0 Å². The molecule has 0 aromatic carbocycles. The molecule has 6 heteroatoms. The van der Waals surface area contributed by atoms with E-state index in [4.69, 9.17) is 0 Å². The van der Waals surface area contributed by atoms with Gasteiger partial charge in [-0.05, 0) is 12.1 Å². The second-order valence-electron chi connectivity index (χ2n) is 3.53. The molecule has 3 N–H and O–H groups in total. The van der Waals surface area contributed by atoms with Crippen LogP contribution in [0.1, 0.15) is 22.0 Å². The first-order chi connectivity index (χ1) is 8.29. The largest absolute Gasteiger partial charge is 0.464 e. The fourth-order valence-corrected chi connectivity index (χ4v) is 1.48. The van der Waals surface area contributed by atoms with Gasteiger partial charge in [-0.15, -0.1) is 0 Å². The van der Waals surface area contributed by atoms with E-state index in [1.165, 1.54) is 7.11 Å². The van der Waals surface area contributed by atoms with Crippen molar-refractivity contribution in [2.75, 3.05) is 7.11 Å². The number of hydrogen-bond acceptors (Lipinski definition) is 4. The molecular formula is C11H14N4O2. The number of nitrogens with zero attached hydrogens (tertiary/aromatic N) is 1. The van der Waals surface area contributed by atoms with E-state index < -0.39 is 0 Å². The third kappa shape index (κ3) is 2.94. The molecule has 90 valence electrons. The van der Waals surface area contributed by atoms with E-state index in [1.54, 1.807) is 18.5 Å². The Balaban J connectivity index is 1.83. The van der Waals surface area contributed by atoms with E-state index in [-0.39, 0.29) is 5.97 Å². The lowest BCUT2D eigenvalue weighted by molar-refractivity contribution is 0.0594. The molecule has 2 heterocycles. The highest BCUT2D eigenvalue weighted by atomic mass is 16.5. The van der Waals surface area contributed by atoms with Crippen LogP contribution in [-0.2, 0) is 17.8 Å². The minimum Gasteiger partial charge on any atom is -0.464 e. The molecule has 17 heavy (non-hydrogen) atoms. The van der Waals surface area contributed by atoms with Crippen molar-refractivity contribution in [3.8, 4) is 0 Å². The Hall–Kier alpha value is -2.08. The van der Waals surface area contributed by atoms with Gasteiger partial charge in [0.2, 0.25) is 0 Å². The molecule has 2 aromatic rings. The van der Waals surface area contributed by atoms with Gasteiger partial charge in [0.25, 0.3) is 0 Å². The number of H-pyrrole nitrogens is 2. The van der Waals surface area contributed by atoms with Crippen molar-refractivity contribution >= 4 is 5.97 Å². The predicted molar refractivity (Wildman–Crippen MR) is 61.3 cm³/mol. The molecule has 0 radical (unpaired) electrons. The van der Waals surface area contributed by atoms with Crippen molar-refractivity contribution < 1.29 is 9.53 Å². The van der Waals surface area contributed by atoms with Gasteiger partial charge in [-0.2, -0.15) is 0 Å². The van der Waals surface area contributed by atoms with E-state index in [9.17, 15) is 4.79 Å². The Bertz CT molecular complexity index is 475. The zero-order chi connectivity index (χ0) is 12.1. The quantitative estimate of drug-likeness (QED) is 0.669. The first-order valence-electron chi connectivity index (χ1n) is 5.25. The Morgan fingerprint density at radius 2 is 2.35 bits per heavy atom. The van der Waals surface area contributed by atoms with Crippen molar-refractivity contribution in [2.24, 2.45) is 0 Å². The minimum absolute atomic E-state index is 0.359. The summed E-state index contributed by atoms with van der Waals surface area (Å²) in [6, 6.07) is 3.55. The number of rotatable bonds is 5. The predicted octanol–water partition coefficient (Wildman–Crippen LogP) is 0.814. The fraction of sp³-hybridized carbons (Fsp3) is 0.273. The van der Waals surface area contributed by atoms with E-state index in [0.29, 0.717) is 18.8 Å². The third-order valence-corrected chi connectivity index (χ3v) is 2.31. The zero-order valence-electron chi connectivity index (χ0n) is 9.49. The second-order valence-corrected chi connectivity index (χ2v) is 3.53. The summed E-state index contributed by atoms with van der Waals surface area (Å²) < 4.78 is 4.61. The summed E-state index contributed by atoms with van der Waals surface area (Å²) in [5.41, 5.74) is 1.39. The minimum atomic E-state index is -0.359. The van der Waals surface area contributed by atoms with Crippen LogP contribution in [0.15, 0.2) is 24.5 Å². The van der Waals surface area contributed by atoms with Crippen LogP contribution in [0.3, 0.4) is 0 Å². The normalized spacial score (nSPS) is 10.4. The number of carbonyl (C=O) groups is 1. The summed E-state index contributed by atoms with van der Waals surface area (Å²) in [6.07, 6.45) is 3.49. The Kier molecular flexibility index (Phi) is 3.56. The van der Waals surface area contributed by atoms with Gasteiger partial charge < -0.3 is 20.0 Å². The molecule has 0 atom stereocenters. The molecule has 0 amide bonds. The molecule has 0 bridgehead atoms. The maximum atomic E-state index is 11.2. The lowest BCUT2D eigenvalue weighted by Gasteiger charge is -2.00. The van der Waals surface area contributed by atoms with Gasteiger partial charge in [0.05, 0.1) is 13.7 Å². The Labute approximate surface area is 98.4 Å². The number of hydrogen-bond donors (Lipinski definition) is 3. The zero-order valence-corrected chi connectivity index (χ0v) is 9.49. The van der Waals surface area contributed by atoms with Crippen LogP contribution in [0.5, 0.6) is 0 Å². The van der Waals surface area contributed by atoms with Crippen LogP contribution in [0.2, 0.25) is 0 Å². The first-order valence-corrected chi connectivity index (χ1v) is 5.25. The molecule has 0 aliphatic heterocycles. The monoisotopic (exact) mass is 234 g/mol. The van der Waals surface area contributed by atoms with Crippen molar-refractivity contribution in [3.05, 3.63) is 41.7 Å². The Morgan fingerprint density at radius 3 is 3.06 bits per heavy atom. The summed E-state index contributed by atoms with van der Waals surface area (Å²) >= 11 is 0. The van der Waals surface area contributed by atoms with Gasteiger partial charge in [-0.25, -0.2) is 9.78 Å². The number of aromatic amines is 2. The molecule has 6 nitrogen and oxygen atoms in total. The van der Waals surface area contributed by atoms with E-state index in [1.807, 2.05) is 6.07 Å². The van der Waals surface area contributed by atoms with Crippen LogP contribution in [0, 0.1) is 0 Å². The standard InChI is InChI=1S/C11H14N4O2/c1-17-11(16)9-3-2-8(15-9)6-12-7-10-13-4-5-14-10/h2-5,12,15H,6-7H2,1H3,(H,13,14). The third-order valence-electron chi connectivity index (χ3n) is 2.31. The molecular weight excluding hydrogens is 220 g/mol. The van der Waals surface area contributed by atoms with Crippen molar-refractivity contribution in [3.63, 3.8) is 0 Å². The van der Waals surface area contributed by atoms with Gasteiger partial charge in [0.1, 0.15) is 11.5 Å². The van der Waals surface area contributed by atoms with Gasteiger partial charge in [0.15, 0.2) is 0 Å². The van der Waals surface area contributed by atoms with Crippen LogP contribution < -0.4 is 5.32 Å². The number of ether oxygens (including phenoxy) is 1. The molecule has 0 unspecified atom stereocenters. The highest BCUT2D eigenvalue weighted by Crippen LogP contribution is 2.03. The van der Waals surface area contributed by atoms with Gasteiger partial charge in [0, 0.05) is 24.6 Å². The molecule has 2 aromatic heterocycles. The van der Waals surface area contributed by atoms with Crippen LogP contribution in [0.4, 0.5) is 0 Å². The van der Waals surface area contributed by atoms with Crippen molar-refractivity contribution in [1.82, 2.24) is 20.3 Å². The first kappa shape index (κ1) is 11.4. The summed E-state index contributed by atoms with van der Waals surface area (Å²) in [7, 11) is 1.36. The number of methoxy groups -OCH3 is 1. The molecule has 0 saturated carbocycles. The number of nitrogens with one attached hydrogen (secondary N) is 3. The van der Waals surface area contributed by atoms with E-state index in [2.05, 4.69) is 25.0 Å². The average Bonchev–Trinajstić information content (AvgIpc) is 2.99. The number of esters is 1. The van der Waals surface area contributed by atoms with Crippen LogP contribution >= 0.6 is 0 Å². The lowest BCUT2D eigenvalue weighted by atomic mass is 10.4. The van der Waals surface area contributed by atoms with E-state index >= 15 is 0 Å². The molecule has 0 fully saturated rings. The van der Waals surface area contributed by atoms with Crippen molar-refractivity contribution in [2.45, 2.75) is 13.1 Å². The summed E-state index contributed by atoms with van der Waals surface area (Å²) in [6.45, 7) is 1.29. The molecule has 2 rings (SSSR count). The lowest BCUT2D eigenvalue weighted by Crippen LogP contribution is -2.14. The average molecular weight is 234 g/mol. The second kappa shape index (κ2) is 5.31. The number of aromatic nitrogens is 3. The maximum absolute atomic E-state index is 11.2. The van der Waals surface area contributed by atoms with Crippen LogP contribution in [-0.4, -0.2) is 28.0 Å². The highest BCUT2D eigenvalue weighted by Gasteiger charge is 2.07. The maximum Gasteiger partial charge on any atom is 0.354 e. The molecule has 0 spiro atoms. The summed E-state index contributed by atoms with van der Waals surface area (Å²) in [4.78, 5) is 21.3. The number of carbonyl (C=O) groups excluding carboxylic acids is 1.